The number of aryl methyl sites for hydroxylation is 1. The van der Waals surface area contributed by atoms with Crippen LogP contribution in [0.25, 0.3) is 16.6 Å². The first kappa shape index (κ1) is 22.3. The number of hydrogen-bond donors (Lipinski definition) is 0. The molecule has 8 nitrogen and oxygen atoms in total. The van der Waals surface area contributed by atoms with Gasteiger partial charge in [-0.25, -0.2) is 4.68 Å². The number of piperazine rings is 1. The third-order valence-electron chi connectivity index (χ3n) is 6.95. The fourth-order valence-corrected chi connectivity index (χ4v) is 5.27. The fraction of sp³-hybridized carbons (Fsp3) is 0.542. The van der Waals surface area contributed by atoms with E-state index in [1.54, 1.807) is 7.11 Å². The van der Waals surface area contributed by atoms with E-state index in [0.29, 0.717) is 18.0 Å². The maximum atomic E-state index is 12.6. The van der Waals surface area contributed by atoms with Gasteiger partial charge in [0.05, 0.1) is 25.8 Å². The predicted molar refractivity (Wildman–Crippen MR) is 131 cm³/mol. The first-order chi connectivity index (χ1) is 16.0. The molecule has 9 heteroatoms. The Labute approximate surface area is 199 Å². The molecule has 2 aromatic heterocycles. The summed E-state index contributed by atoms with van der Waals surface area (Å²) in [7, 11) is 1.68. The zero-order valence-corrected chi connectivity index (χ0v) is 20.3. The number of ether oxygens (including phenoxy) is 1. The second-order valence-electron chi connectivity index (χ2n) is 9.16. The summed E-state index contributed by atoms with van der Waals surface area (Å²) in [6.07, 6.45) is 3.53. The molecule has 0 bridgehead atoms. The molecule has 5 rings (SSSR count). The highest BCUT2D eigenvalue weighted by atomic mass is 32.1. The van der Waals surface area contributed by atoms with Gasteiger partial charge < -0.3 is 9.64 Å². The normalized spacial score (nSPS) is 18.3. The Morgan fingerprint density at radius 1 is 1.03 bits per heavy atom. The van der Waals surface area contributed by atoms with Crippen LogP contribution in [0.3, 0.4) is 0 Å². The number of aromatic nitrogens is 3. The molecule has 2 fully saturated rings. The van der Waals surface area contributed by atoms with Gasteiger partial charge >= 0.3 is 0 Å². The van der Waals surface area contributed by atoms with Gasteiger partial charge in [-0.1, -0.05) is 0 Å². The van der Waals surface area contributed by atoms with Crippen LogP contribution in [0, 0.1) is 11.7 Å². The minimum absolute atomic E-state index is 0.281. The van der Waals surface area contributed by atoms with Crippen molar-refractivity contribution in [3.63, 3.8) is 0 Å². The highest BCUT2D eigenvalue weighted by Gasteiger charge is 2.23. The Morgan fingerprint density at radius 3 is 2.48 bits per heavy atom. The molecule has 2 aliphatic heterocycles. The molecular formula is C24H32N6O2S. The van der Waals surface area contributed by atoms with E-state index in [2.05, 4.69) is 28.9 Å². The summed E-state index contributed by atoms with van der Waals surface area (Å²) >= 11 is 5.83. The lowest BCUT2D eigenvalue weighted by Crippen LogP contribution is -2.50. The van der Waals surface area contributed by atoms with Crippen LogP contribution in [0.15, 0.2) is 24.3 Å². The molecule has 0 N–H and O–H groups in total. The monoisotopic (exact) mass is 468 g/mol. The van der Waals surface area contributed by atoms with Gasteiger partial charge in [0.25, 0.3) is 0 Å². The minimum atomic E-state index is 0.281. The van der Waals surface area contributed by atoms with Crippen LogP contribution in [0.4, 0.5) is 0 Å². The zero-order valence-electron chi connectivity index (χ0n) is 19.5. The smallest absolute Gasteiger partial charge is 0.236 e. The van der Waals surface area contributed by atoms with E-state index in [-0.39, 0.29) is 5.91 Å². The van der Waals surface area contributed by atoms with Crippen molar-refractivity contribution in [2.24, 2.45) is 0 Å². The number of carbonyl (C=O) groups is 1. The number of benzene rings is 1. The van der Waals surface area contributed by atoms with E-state index in [1.165, 1.54) is 12.0 Å². The van der Waals surface area contributed by atoms with Gasteiger partial charge in [0.2, 0.25) is 10.7 Å². The van der Waals surface area contributed by atoms with Crippen LogP contribution >= 0.6 is 12.2 Å². The summed E-state index contributed by atoms with van der Waals surface area (Å²) in [5.41, 5.74) is 3.03. The standard InChI is InChI=1S/C24H32N6O2S/c1-18-14-22-25-29(24(33)30(22)21-15-19(32-2)6-7-20(18)21)17-27-12-10-26(11-13-27)16-23(31)28-8-4-3-5-9-28/h6-7,14-15H,3-5,8-13,16-17H2,1-2H3. The summed E-state index contributed by atoms with van der Waals surface area (Å²) < 4.78 is 10.1. The van der Waals surface area contributed by atoms with Crippen molar-refractivity contribution in [3.8, 4) is 5.75 Å². The summed E-state index contributed by atoms with van der Waals surface area (Å²) in [5.74, 6) is 1.09. The second kappa shape index (κ2) is 9.40. The Morgan fingerprint density at radius 2 is 1.76 bits per heavy atom. The average Bonchev–Trinajstić information content (AvgIpc) is 3.15. The maximum absolute atomic E-state index is 12.6. The number of hydrogen-bond acceptors (Lipinski definition) is 6. The van der Waals surface area contributed by atoms with Crippen LogP contribution in [-0.4, -0.2) is 87.7 Å². The van der Waals surface area contributed by atoms with Gasteiger partial charge in [0.1, 0.15) is 5.75 Å². The number of likely N-dealkylation sites (tertiary alicyclic amines) is 1. The largest absolute Gasteiger partial charge is 0.497 e. The third-order valence-corrected chi connectivity index (χ3v) is 7.34. The van der Waals surface area contributed by atoms with Crippen molar-refractivity contribution < 1.29 is 9.53 Å². The fourth-order valence-electron chi connectivity index (χ4n) is 4.98. The zero-order chi connectivity index (χ0) is 22.9. The number of pyridine rings is 1. The van der Waals surface area contributed by atoms with E-state index in [9.17, 15) is 4.79 Å². The lowest BCUT2D eigenvalue weighted by Gasteiger charge is -2.35. The summed E-state index contributed by atoms with van der Waals surface area (Å²) in [4.78, 5) is 19.3. The molecule has 1 aromatic carbocycles. The van der Waals surface area contributed by atoms with Gasteiger partial charge in [-0.15, -0.1) is 0 Å². The molecule has 2 aliphatic rings. The van der Waals surface area contributed by atoms with Crippen LogP contribution in [0.2, 0.25) is 0 Å². The van der Waals surface area contributed by atoms with Gasteiger partial charge in [-0.3, -0.25) is 19.0 Å². The van der Waals surface area contributed by atoms with Crippen LogP contribution in [0.5, 0.6) is 5.75 Å². The van der Waals surface area contributed by atoms with Gasteiger partial charge in [-0.2, -0.15) is 5.10 Å². The van der Waals surface area contributed by atoms with Crippen LogP contribution in [0.1, 0.15) is 24.8 Å². The molecule has 176 valence electrons. The molecule has 1 amide bonds. The van der Waals surface area contributed by atoms with Crippen LogP contribution < -0.4 is 4.74 Å². The number of fused-ring (bicyclic) bond motifs is 3. The minimum Gasteiger partial charge on any atom is -0.497 e. The molecular weight excluding hydrogens is 436 g/mol. The summed E-state index contributed by atoms with van der Waals surface area (Å²) in [6, 6.07) is 8.16. The number of methoxy groups -OCH3 is 1. The van der Waals surface area contributed by atoms with Crippen molar-refractivity contribution in [2.75, 3.05) is 52.9 Å². The topological polar surface area (TPSA) is 58.2 Å². The van der Waals surface area contributed by atoms with Crippen molar-refractivity contribution in [1.82, 2.24) is 28.9 Å². The van der Waals surface area contributed by atoms with E-state index >= 15 is 0 Å². The summed E-state index contributed by atoms with van der Waals surface area (Å²) in [6.45, 7) is 8.71. The number of carbonyl (C=O) groups excluding carboxylic acids is 1. The molecule has 33 heavy (non-hydrogen) atoms. The second-order valence-corrected chi connectivity index (χ2v) is 9.53. The van der Waals surface area contributed by atoms with Gasteiger partial charge in [-0.05, 0) is 62.2 Å². The van der Waals surface area contributed by atoms with Crippen molar-refractivity contribution in [1.29, 1.82) is 0 Å². The first-order valence-electron chi connectivity index (χ1n) is 11.8. The highest BCUT2D eigenvalue weighted by Crippen LogP contribution is 2.25. The van der Waals surface area contributed by atoms with Gasteiger partial charge in [0.15, 0.2) is 5.65 Å². The molecule has 0 spiro atoms. The molecule has 2 saturated heterocycles. The quantitative estimate of drug-likeness (QED) is 0.537. The number of rotatable bonds is 5. The van der Waals surface area contributed by atoms with Crippen LogP contribution in [-0.2, 0) is 11.5 Å². The average molecular weight is 469 g/mol. The molecule has 0 aliphatic carbocycles. The van der Waals surface area contributed by atoms with Crippen molar-refractivity contribution in [3.05, 3.63) is 34.6 Å². The van der Waals surface area contributed by atoms with E-state index in [4.69, 9.17) is 22.1 Å². The van der Waals surface area contributed by atoms with Gasteiger partial charge in [0, 0.05) is 50.7 Å². The number of amides is 1. The lowest BCUT2D eigenvalue weighted by molar-refractivity contribution is -0.133. The summed E-state index contributed by atoms with van der Waals surface area (Å²) in [5, 5.41) is 5.96. The Bertz CT molecular complexity index is 1220. The molecule has 0 unspecified atom stereocenters. The highest BCUT2D eigenvalue weighted by molar-refractivity contribution is 7.71. The maximum Gasteiger partial charge on any atom is 0.236 e. The molecule has 0 atom stereocenters. The molecule has 0 saturated carbocycles. The Hall–Kier alpha value is -2.49. The number of nitrogens with zero attached hydrogens (tertiary/aromatic N) is 6. The van der Waals surface area contributed by atoms with E-state index < -0.39 is 0 Å². The number of piperidine rings is 1. The Balaban J connectivity index is 1.28. The third kappa shape index (κ3) is 4.49. The predicted octanol–water partition coefficient (Wildman–Crippen LogP) is 2.92. The first-order valence-corrected chi connectivity index (χ1v) is 12.2. The lowest BCUT2D eigenvalue weighted by atomic mass is 10.1. The SMILES string of the molecule is COc1ccc2c(C)cc3nn(CN4CCN(CC(=O)N5CCCCC5)CC4)c(=S)n3c2c1. The Kier molecular flexibility index (Phi) is 6.36. The van der Waals surface area contributed by atoms with E-state index in [1.807, 2.05) is 26.1 Å². The molecule has 4 heterocycles. The van der Waals surface area contributed by atoms with Crippen molar-refractivity contribution in [2.45, 2.75) is 32.9 Å². The van der Waals surface area contributed by atoms with E-state index in [0.717, 1.165) is 74.4 Å². The van der Waals surface area contributed by atoms with Crippen molar-refractivity contribution >= 4 is 34.7 Å². The molecule has 3 aromatic rings. The molecule has 0 radical (unpaired) electrons.